The van der Waals surface area contributed by atoms with Crippen molar-refractivity contribution in [1.82, 2.24) is 19.7 Å². The number of carbonyl (C=O) groups is 1. The Morgan fingerprint density at radius 1 is 1.50 bits per heavy atom. The van der Waals surface area contributed by atoms with Crippen molar-refractivity contribution in [2.75, 3.05) is 5.75 Å². The first kappa shape index (κ1) is 14.5. The number of aromatic amines is 1. The number of H-pyrrole nitrogens is 1. The summed E-state index contributed by atoms with van der Waals surface area (Å²) in [5.74, 6) is 0.349. The van der Waals surface area contributed by atoms with Crippen molar-refractivity contribution in [3.63, 3.8) is 0 Å². The molecule has 106 valence electrons. The van der Waals surface area contributed by atoms with Crippen LogP contribution in [0.3, 0.4) is 0 Å². The summed E-state index contributed by atoms with van der Waals surface area (Å²) in [7, 11) is 1.76. The zero-order chi connectivity index (χ0) is 14.7. The third kappa shape index (κ3) is 3.57. The van der Waals surface area contributed by atoms with E-state index in [-0.39, 0.29) is 23.0 Å². The molecule has 2 aromatic heterocycles. The first-order valence-electron chi connectivity index (χ1n) is 6.21. The number of aromatic nitrogens is 4. The molecule has 20 heavy (non-hydrogen) atoms. The average molecular weight is 292 g/mol. The van der Waals surface area contributed by atoms with Crippen LogP contribution in [0, 0.1) is 0 Å². The Bertz CT molecular complexity index is 675. The normalized spacial score (nSPS) is 11.0. The Labute approximate surface area is 120 Å². The van der Waals surface area contributed by atoms with E-state index in [1.807, 2.05) is 13.8 Å². The van der Waals surface area contributed by atoms with Crippen LogP contribution >= 0.6 is 11.8 Å². The lowest BCUT2D eigenvalue weighted by atomic mass is 10.1. The standard InChI is InChI=1S/C13H16N4O2S/c1-8(2)10-4-12(19)16-13(15-10)20-7-11(18)9-5-14-17(3)6-9/h4-6,8H,7H2,1-3H3,(H,15,16,19). The highest BCUT2D eigenvalue weighted by atomic mass is 32.2. The molecule has 0 amide bonds. The van der Waals surface area contributed by atoms with Gasteiger partial charge in [-0.25, -0.2) is 4.98 Å². The number of rotatable bonds is 5. The molecule has 0 fully saturated rings. The number of aryl methyl sites for hydroxylation is 1. The third-order valence-corrected chi connectivity index (χ3v) is 3.57. The quantitative estimate of drug-likeness (QED) is 0.514. The van der Waals surface area contributed by atoms with Crippen molar-refractivity contribution in [3.05, 3.63) is 40.1 Å². The van der Waals surface area contributed by atoms with Gasteiger partial charge in [-0.15, -0.1) is 0 Å². The number of hydrogen-bond acceptors (Lipinski definition) is 5. The molecular formula is C13H16N4O2S. The van der Waals surface area contributed by atoms with Crippen LogP contribution in [0.5, 0.6) is 0 Å². The van der Waals surface area contributed by atoms with Crippen molar-refractivity contribution >= 4 is 17.5 Å². The van der Waals surface area contributed by atoms with Gasteiger partial charge in [0.15, 0.2) is 10.9 Å². The van der Waals surface area contributed by atoms with E-state index < -0.39 is 0 Å². The summed E-state index contributed by atoms with van der Waals surface area (Å²) in [6, 6.07) is 1.48. The van der Waals surface area contributed by atoms with Gasteiger partial charge < -0.3 is 4.98 Å². The van der Waals surface area contributed by atoms with Crippen molar-refractivity contribution < 1.29 is 4.79 Å². The second-order valence-corrected chi connectivity index (χ2v) is 5.71. The van der Waals surface area contributed by atoms with Crippen LogP contribution in [0.15, 0.2) is 28.4 Å². The van der Waals surface area contributed by atoms with E-state index in [9.17, 15) is 9.59 Å². The van der Waals surface area contributed by atoms with Crippen LogP contribution in [0.4, 0.5) is 0 Å². The van der Waals surface area contributed by atoms with Gasteiger partial charge in [0, 0.05) is 19.3 Å². The molecule has 6 nitrogen and oxygen atoms in total. The molecule has 0 saturated carbocycles. The van der Waals surface area contributed by atoms with E-state index in [1.54, 1.807) is 17.9 Å². The van der Waals surface area contributed by atoms with E-state index in [1.165, 1.54) is 24.0 Å². The second-order valence-electron chi connectivity index (χ2n) is 4.74. The van der Waals surface area contributed by atoms with Gasteiger partial charge in [0.2, 0.25) is 0 Å². The predicted molar refractivity (Wildman–Crippen MR) is 77.2 cm³/mol. The number of nitrogens with one attached hydrogen (secondary N) is 1. The molecule has 0 aliphatic rings. The lowest BCUT2D eigenvalue weighted by molar-refractivity contribution is 0.102. The highest BCUT2D eigenvalue weighted by Gasteiger charge is 2.11. The van der Waals surface area contributed by atoms with E-state index >= 15 is 0 Å². The first-order valence-corrected chi connectivity index (χ1v) is 7.20. The SMILES string of the molecule is CC(C)c1cc(=O)[nH]c(SCC(=O)c2cnn(C)c2)n1. The number of Topliss-reactive ketones (excluding diaryl/α,β-unsaturated/α-hetero) is 1. The highest BCUT2D eigenvalue weighted by molar-refractivity contribution is 7.99. The Balaban J connectivity index is 2.07. The molecule has 0 bridgehead atoms. The smallest absolute Gasteiger partial charge is 0.251 e. The average Bonchev–Trinajstić information content (AvgIpc) is 2.82. The lowest BCUT2D eigenvalue weighted by Gasteiger charge is -2.05. The fourth-order valence-electron chi connectivity index (χ4n) is 1.60. The van der Waals surface area contributed by atoms with Crippen LogP contribution in [0.1, 0.15) is 35.8 Å². The third-order valence-electron chi connectivity index (χ3n) is 2.70. The molecule has 7 heteroatoms. The minimum atomic E-state index is -0.194. The molecule has 2 rings (SSSR count). The molecule has 0 aromatic carbocycles. The predicted octanol–water partition coefficient (Wildman–Crippen LogP) is 1.60. The van der Waals surface area contributed by atoms with Gasteiger partial charge in [-0.05, 0) is 5.92 Å². The van der Waals surface area contributed by atoms with Crippen LogP contribution in [-0.4, -0.2) is 31.3 Å². The Morgan fingerprint density at radius 2 is 2.25 bits per heavy atom. The maximum Gasteiger partial charge on any atom is 0.251 e. The zero-order valence-electron chi connectivity index (χ0n) is 11.6. The Kier molecular flexibility index (Phi) is 4.39. The zero-order valence-corrected chi connectivity index (χ0v) is 12.4. The topological polar surface area (TPSA) is 80.6 Å². The summed E-state index contributed by atoms with van der Waals surface area (Å²) in [5, 5.41) is 4.43. The second kappa shape index (κ2) is 6.04. The number of nitrogens with zero attached hydrogens (tertiary/aromatic N) is 3. The van der Waals surface area contributed by atoms with Crippen molar-refractivity contribution in [3.8, 4) is 0 Å². The molecule has 0 atom stereocenters. The summed E-state index contributed by atoms with van der Waals surface area (Å²) >= 11 is 1.23. The van der Waals surface area contributed by atoms with Crippen molar-refractivity contribution in [2.45, 2.75) is 24.9 Å². The highest BCUT2D eigenvalue weighted by Crippen LogP contribution is 2.16. The van der Waals surface area contributed by atoms with E-state index in [4.69, 9.17) is 0 Å². The van der Waals surface area contributed by atoms with Gasteiger partial charge in [-0.1, -0.05) is 25.6 Å². The fourth-order valence-corrected chi connectivity index (χ4v) is 2.38. The molecule has 0 unspecified atom stereocenters. The number of carbonyl (C=O) groups excluding carboxylic acids is 1. The fraction of sp³-hybridized carbons (Fsp3) is 0.385. The lowest BCUT2D eigenvalue weighted by Crippen LogP contribution is -2.12. The van der Waals surface area contributed by atoms with Gasteiger partial charge >= 0.3 is 0 Å². The van der Waals surface area contributed by atoms with Gasteiger partial charge in [0.1, 0.15) is 0 Å². The molecule has 2 heterocycles. The molecule has 0 radical (unpaired) electrons. The summed E-state index contributed by atoms with van der Waals surface area (Å²) < 4.78 is 1.58. The molecule has 1 N–H and O–H groups in total. The Morgan fingerprint density at radius 3 is 2.85 bits per heavy atom. The number of thioether (sulfide) groups is 1. The largest absolute Gasteiger partial charge is 0.301 e. The summed E-state index contributed by atoms with van der Waals surface area (Å²) in [6.07, 6.45) is 3.20. The van der Waals surface area contributed by atoms with Crippen LogP contribution < -0.4 is 5.56 Å². The van der Waals surface area contributed by atoms with Gasteiger partial charge in [-0.3, -0.25) is 14.3 Å². The molecule has 0 saturated heterocycles. The van der Waals surface area contributed by atoms with Crippen LogP contribution in [0.2, 0.25) is 0 Å². The van der Waals surface area contributed by atoms with Gasteiger partial charge in [0.25, 0.3) is 5.56 Å². The monoisotopic (exact) mass is 292 g/mol. The summed E-state index contributed by atoms with van der Waals surface area (Å²) in [5.41, 5.74) is 1.09. The van der Waals surface area contributed by atoms with Crippen LogP contribution in [0.25, 0.3) is 0 Å². The van der Waals surface area contributed by atoms with Gasteiger partial charge in [0.05, 0.1) is 23.2 Å². The number of hydrogen-bond donors (Lipinski definition) is 1. The maximum absolute atomic E-state index is 11.9. The minimum absolute atomic E-state index is 0.0410. The molecule has 0 aliphatic carbocycles. The molecule has 2 aromatic rings. The molecular weight excluding hydrogens is 276 g/mol. The van der Waals surface area contributed by atoms with Gasteiger partial charge in [-0.2, -0.15) is 5.10 Å². The number of ketones is 1. The molecule has 0 spiro atoms. The maximum atomic E-state index is 11.9. The van der Waals surface area contributed by atoms with Crippen molar-refractivity contribution in [1.29, 1.82) is 0 Å². The molecule has 0 aliphatic heterocycles. The summed E-state index contributed by atoms with van der Waals surface area (Å²) in [6.45, 7) is 3.94. The van der Waals surface area contributed by atoms with E-state index in [2.05, 4.69) is 15.1 Å². The van der Waals surface area contributed by atoms with Crippen molar-refractivity contribution in [2.24, 2.45) is 7.05 Å². The minimum Gasteiger partial charge on any atom is -0.301 e. The first-order chi connectivity index (χ1) is 9.45. The van der Waals surface area contributed by atoms with E-state index in [0.717, 1.165) is 5.69 Å². The van der Waals surface area contributed by atoms with E-state index in [0.29, 0.717) is 10.7 Å². The Hall–Kier alpha value is -1.89. The van der Waals surface area contributed by atoms with Crippen LogP contribution in [-0.2, 0) is 7.05 Å². The summed E-state index contributed by atoms with van der Waals surface area (Å²) in [4.78, 5) is 30.4.